The largest absolute Gasteiger partial charge is 0.0622 e. The van der Waals surface area contributed by atoms with Crippen LogP contribution in [0.15, 0.2) is 80.7 Å². The van der Waals surface area contributed by atoms with Crippen LogP contribution in [0.5, 0.6) is 0 Å². The van der Waals surface area contributed by atoms with Crippen molar-refractivity contribution in [1.29, 1.82) is 0 Å². The van der Waals surface area contributed by atoms with E-state index in [9.17, 15) is 0 Å². The van der Waals surface area contributed by atoms with Crippen molar-refractivity contribution in [3.63, 3.8) is 0 Å². The molecule has 0 saturated heterocycles. The molecule has 171 valence electrons. The third-order valence-corrected chi connectivity index (χ3v) is 32.4. The number of nitrogens with one attached hydrogen (secondary N) is 1. The fourth-order valence-corrected chi connectivity index (χ4v) is 29.8. The van der Waals surface area contributed by atoms with Gasteiger partial charge in [0.05, 0.1) is 0 Å². The first-order chi connectivity index (χ1) is 15.4. The average Bonchev–Trinajstić information content (AvgIpc) is 3.02. The first-order valence-electron chi connectivity index (χ1n) is 12.5. The molecule has 2 aromatic carbocycles. The van der Waals surface area contributed by atoms with Crippen molar-refractivity contribution in [3.05, 3.63) is 80.7 Å². The van der Waals surface area contributed by atoms with Gasteiger partial charge in [-0.05, 0) is 11.1 Å². The van der Waals surface area contributed by atoms with E-state index in [0.717, 1.165) is 12.0 Å². The van der Waals surface area contributed by atoms with Crippen LogP contribution in [0.4, 0.5) is 0 Å². The van der Waals surface area contributed by atoms with E-state index in [-0.39, 0.29) is 0 Å². The molecule has 1 atom stereocenters. The van der Waals surface area contributed by atoms with E-state index in [1.807, 2.05) is 15.5 Å². The van der Waals surface area contributed by atoms with Crippen molar-refractivity contribution in [3.8, 4) is 11.1 Å². The fourth-order valence-electron chi connectivity index (χ4n) is 5.08. The zero-order chi connectivity index (χ0) is 23.1. The molecule has 1 saturated carbocycles. The predicted octanol–water partition coefficient (Wildman–Crippen LogP) is 8.04. The second kappa shape index (κ2) is 12.4. The predicted molar refractivity (Wildman–Crippen MR) is 141 cm³/mol. The molecule has 0 aromatic heterocycles. The van der Waals surface area contributed by atoms with Crippen LogP contribution < -0.4 is 3.30 Å². The van der Waals surface area contributed by atoms with Crippen LogP contribution in [0, 0.1) is 5.92 Å². The minimum Gasteiger partial charge on any atom is -0.0622 e. The Morgan fingerprint density at radius 3 is 1.66 bits per heavy atom. The maximum Gasteiger partial charge on any atom is -0.0184 e. The minimum atomic E-state index is -1.75. The zero-order valence-corrected chi connectivity index (χ0v) is 25.8. The van der Waals surface area contributed by atoms with Crippen LogP contribution in [0.1, 0.15) is 59.8 Å². The smallest absolute Gasteiger partial charge is 0.0184 e. The molecule has 0 bridgehead atoms. The van der Waals surface area contributed by atoms with Gasteiger partial charge in [0.25, 0.3) is 0 Å². The molecular weight excluding hydrogens is 569 g/mol. The standard InChI is InChI=1S/C12H10.C9H13.C6H12N.C2H7Si.Hf/c1-3-7-11(8-4-1)12-9-5-2-6-10-12;1-6-5-7(2)9(4)8(6)3;7-6-4-2-1-3-5-6;1-3-2;/h1-10H;6H,1-4H3;6-7H,1-5H2;3H,1-2H3;/q;;-1;;+1. The van der Waals surface area contributed by atoms with E-state index in [4.69, 9.17) is 0 Å². The molecule has 1 N–H and O–H groups in total. The molecule has 1 nitrogen and oxygen atoms in total. The van der Waals surface area contributed by atoms with Crippen molar-refractivity contribution < 1.29 is 20.9 Å². The van der Waals surface area contributed by atoms with Gasteiger partial charge in [0.1, 0.15) is 0 Å². The van der Waals surface area contributed by atoms with Gasteiger partial charge in [-0.2, -0.15) is 0 Å². The van der Waals surface area contributed by atoms with Crippen LogP contribution in [0.2, 0.25) is 13.1 Å². The van der Waals surface area contributed by atoms with Crippen LogP contribution in [0.3, 0.4) is 0 Å². The maximum atomic E-state index is 4.29. The van der Waals surface area contributed by atoms with E-state index in [0.29, 0.717) is 0 Å². The Bertz CT molecular complexity index is 873. The van der Waals surface area contributed by atoms with Gasteiger partial charge >= 0.3 is 135 Å². The molecule has 0 heterocycles. The Morgan fingerprint density at radius 1 is 0.750 bits per heavy atom. The summed E-state index contributed by atoms with van der Waals surface area (Å²) in [7, 11) is 0. The molecule has 1 fully saturated rings. The van der Waals surface area contributed by atoms with Gasteiger partial charge in [0, 0.05) is 0 Å². The van der Waals surface area contributed by atoms with E-state index in [1.54, 1.807) is 16.7 Å². The van der Waals surface area contributed by atoms with E-state index in [2.05, 4.69) is 92.6 Å². The van der Waals surface area contributed by atoms with Crippen LogP contribution >= 0.6 is 0 Å². The summed E-state index contributed by atoms with van der Waals surface area (Å²) in [6, 6.07) is 21.7. The monoisotopic (exact) mass is 612 g/mol. The average molecular weight is 611 g/mol. The summed E-state index contributed by atoms with van der Waals surface area (Å²) in [5.41, 5.74) is 7.49. The van der Waals surface area contributed by atoms with Gasteiger partial charge in [-0.15, -0.1) is 0 Å². The molecule has 4 rings (SSSR count). The number of rotatable bonds is 5. The Hall–Kier alpha value is -1.03. The summed E-state index contributed by atoms with van der Waals surface area (Å²) in [6.07, 6.45) is 7.28. The Kier molecular flexibility index (Phi) is 9.94. The van der Waals surface area contributed by atoms with Gasteiger partial charge < -0.3 is 0 Å². The fraction of sp³-hybridized carbons (Fsp3) is 0.448. The molecule has 2 aliphatic carbocycles. The molecule has 32 heavy (non-hydrogen) atoms. The maximum absolute atomic E-state index is 4.29. The number of hydrogen-bond acceptors (Lipinski definition) is 1. The van der Waals surface area contributed by atoms with E-state index < -0.39 is 26.9 Å². The van der Waals surface area contributed by atoms with Gasteiger partial charge in [-0.25, -0.2) is 0 Å². The van der Waals surface area contributed by atoms with Crippen LogP contribution in [-0.2, 0) is 20.9 Å². The van der Waals surface area contributed by atoms with Crippen LogP contribution in [-0.4, -0.2) is 12.0 Å². The SMILES string of the molecule is CC1=C(C)C(C)[C]([Hf]([NH]C2CCCCC2)[SiH](C)C)=C1C.c1ccc(-c2ccccc2)cc1. The number of hydrogen-bond donors (Lipinski definition) is 1. The van der Waals surface area contributed by atoms with E-state index in [1.165, 1.54) is 43.2 Å². The topological polar surface area (TPSA) is 12.0 Å². The van der Waals surface area contributed by atoms with Crippen molar-refractivity contribution >= 4 is 5.98 Å². The van der Waals surface area contributed by atoms with Crippen molar-refractivity contribution in [2.24, 2.45) is 5.92 Å². The van der Waals surface area contributed by atoms with Crippen molar-refractivity contribution in [1.82, 2.24) is 3.30 Å². The minimum absolute atomic E-state index is 0.524. The Balaban J connectivity index is 0.000000204. The van der Waals surface area contributed by atoms with Gasteiger partial charge in [0.15, 0.2) is 0 Å². The molecule has 0 amide bonds. The molecular formula is C29H42HfNSi. The Labute approximate surface area is 205 Å². The van der Waals surface area contributed by atoms with Crippen LogP contribution in [0.25, 0.3) is 11.1 Å². The molecule has 0 spiro atoms. The number of allylic oxidation sites excluding steroid dienone is 4. The molecule has 2 aliphatic rings. The molecule has 0 radical (unpaired) electrons. The van der Waals surface area contributed by atoms with Crippen molar-refractivity contribution in [2.45, 2.75) is 78.9 Å². The summed E-state index contributed by atoms with van der Waals surface area (Å²) >= 11 is -1.75. The van der Waals surface area contributed by atoms with Gasteiger partial charge in [-0.1, -0.05) is 60.7 Å². The zero-order valence-electron chi connectivity index (χ0n) is 21.0. The summed E-state index contributed by atoms with van der Waals surface area (Å²) in [5, 5.41) is 0. The first kappa shape index (κ1) is 25.6. The van der Waals surface area contributed by atoms with Gasteiger partial charge in [-0.3, -0.25) is 0 Å². The van der Waals surface area contributed by atoms with E-state index >= 15 is 0 Å². The molecule has 2 aromatic rings. The summed E-state index contributed by atoms with van der Waals surface area (Å²) in [5.74, 6) is 0.229. The summed E-state index contributed by atoms with van der Waals surface area (Å²) in [4.78, 5) is 0. The molecule has 0 aliphatic heterocycles. The first-order valence-corrected chi connectivity index (χ1v) is 25.2. The van der Waals surface area contributed by atoms with Crippen molar-refractivity contribution in [2.75, 3.05) is 0 Å². The number of benzene rings is 2. The Morgan fingerprint density at radius 2 is 1.25 bits per heavy atom. The molecule has 1 unspecified atom stereocenters. The summed E-state index contributed by atoms with van der Waals surface area (Å²) < 4.78 is 6.23. The molecule has 3 heteroatoms. The second-order valence-corrected chi connectivity index (χ2v) is 35.3. The third-order valence-electron chi connectivity index (χ3n) is 7.35. The normalized spacial score (nSPS) is 19.3. The quantitative estimate of drug-likeness (QED) is 0.338. The third kappa shape index (κ3) is 6.52. The second-order valence-electron chi connectivity index (χ2n) is 9.85. The van der Waals surface area contributed by atoms with Gasteiger partial charge in [0.2, 0.25) is 0 Å². The summed E-state index contributed by atoms with van der Waals surface area (Å²) in [6.45, 7) is 14.8.